The van der Waals surface area contributed by atoms with Gasteiger partial charge in [-0.15, -0.1) is 0 Å². The van der Waals surface area contributed by atoms with Crippen molar-refractivity contribution in [3.05, 3.63) is 27.7 Å². The molecular formula is C13H16BrClN2O2. The van der Waals surface area contributed by atoms with Gasteiger partial charge in [0.25, 0.3) is 0 Å². The van der Waals surface area contributed by atoms with E-state index in [2.05, 4.69) is 21.2 Å². The fraction of sp³-hybridized carbons (Fsp3) is 0.462. The third kappa shape index (κ3) is 3.22. The van der Waals surface area contributed by atoms with Crippen LogP contribution in [0.3, 0.4) is 0 Å². The highest BCUT2D eigenvalue weighted by atomic mass is 79.9. The van der Waals surface area contributed by atoms with Gasteiger partial charge in [0.05, 0.1) is 11.1 Å². The second-order valence-electron chi connectivity index (χ2n) is 4.84. The number of rotatable bonds is 3. The smallest absolute Gasteiger partial charge is 0.243 e. The first-order chi connectivity index (χ1) is 8.93. The van der Waals surface area contributed by atoms with E-state index >= 15 is 0 Å². The maximum Gasteiger partial charge on any atom is 0.243 e. The Hall–Kier alpha value is -0.780. The molecule has 0 aliphatic carbocycles. The Morgan fingerprint density at radius 3 is 2.95 bits per heavy atom. The van der Waals surface area contributed by atoms with Crippen LogP contribution in [0.25, 0.3) is 0 Å². The Bertz CT molecular complexity index is 498. The number of hydrogen-bond acceptors (Lipinski definition) is 3. The maximum atomic E-state index is 11.8. The van der Waals surface area contributed by atoms with Gasteiger partial charge in [-0.1, -0.05) is 11.6 Å². The molecule has 3 N–H and O–H groups in total. The van der Waals surface area contributed by atoms with E-state index in [0.717, 1.165) is 10.2 Å². The van der Waals surface area contributed by atoms with Crippen molar-refractivity contribution in [2.45, 2.75) is 31.4 Å². The molecule has 2 unspecified atom stereocenters. The minimum absolute atomic E-state index is 0.00416. The number of benzene rings is 1. The first kappa shape index (κ1) is 14.6. The molecule has 1 fully saturated rings. The summed E-state index contributed by atoms with van der Waals surface area (Å²) >= 11 is 9.32. The first-order valence-corrected chi connectivity index (χ1v) is 7.25. The summed E-state index contributed by atoms with van der Waals surface area (Å²) in [5.41, 5.74) is 5.64. The molecule has 0 bridgehead atoms. The Labute approximate surface area is 125 Å². The lowest BCUT2D eigenvalue weighted by atomic mass is 9.86. The van der Waals surface area contributed by atoms with Crippen LogP contribution in [-0.4, -0.2) is 24.2 Å². The van der Waals surface area contributed by atoms with Crippen molar-refractivity contribution in [2.24, 2.45) is 5.73 Å². The van der Waals surface area contributed by atoms with E-state index in [0.29, 0.717) is 24.5 Å². The van der Waals surface area contributed by atoms with E-state index in [-0.39, 0.29) is 12.0 Å². The van der Waals surface area contributed by atoms with Crippen LogP contribution in [0.2, 0.25) is 5.02 Å². The molecule has 6 heteroatoms. The Morgan fingerprint density at radius 2 is 2.37 bits per heavy atom. The van der Waals surface area contributed by atoms with Crippen molar-refractivity contribution >= 4 is 39.1 Å². The number of nitrogens with two attached hydrogens (primary N) is 1. The number of carbonyl (C=O) groups excluding carboxylic acids is 1. The minimum atomic E-state index is -0.759. The number of nitrogens with one attached hydrogen (secondary N) is 1. The molecule has 19 heavy (non-hydrogen) atoms. The van der Waals surface area contributed by atoms with E-state index < -0.39 is 5.54 Å². The second kappa shape index (κ2) is 5.69. The molecule has 0 saturated carbocycles. The molecule has 2 rings (SSSR count). The van der Waals surface area contributed by atoms with Gasteiger partial charge in [-0.25, -0.2) is 0 Å². The number of amides is 1. The quantitative estimate of drug-likeness (QED) is 0.883. The SMILES string of the molecule is CC1CC(Nc2ccc(Cl)c(Br)c2)(C(N)=O)CCO1. The van der Waals surface area contributed by atoms with Gasteiger partial charge in [-0.2, -0.15) is 0 Å². The zero-order valence-corrected chi connectivity index (χ0v) is 12.9. The van der Waals surface area contributed by atoms with Crippen molar-refractivity contribution in [2.75, 3.05) is 11.9 Å². The number of anilines is 1. The maximum absolute atomic E-state index is 11.8. The van der Waals surface area contributed by atoms with Crippen molar-refractivity contribution < 1.29 is 9.53 Å². The molecular weight excluding hydrogens is 332 g/mol. The normalized spacial score (nSPS) is 27.0. The van der Waals surface area contributed by atoms with Gasteiger partial charge in [0, 0.05) is 29.6 Å². The van der Waals surface area contributed by atoms with Gasteiger partial charge in [0.1, 0.15) is 5.54 Å². The highest BCUT2D eigenvalue weighted by Crippen LogP contribution is 2.32. The summed E-state index contributed by atoms with van der Waals surface area (Å²) in [4.78, 5) is 11.8. The molecule has 0 spiro atoms. The van der Waals surface area contributed by atoms with E-state index in [1.807, 2.05) is 19.1 Å². The number of carbonyl (C=O) groups is 1. The average Bonchev–Trinajstić information content (AvgIpc) is 2.34. The van der Waals surface area contributed by atoms with Gasteiger partial charge in [-0.3, -0.25) is 4.79 Å². The lowest BCUT2D eigenvalue weighted by molar-refractivity contribution is -0.127. The molecule has 1 heterocycles. The largest absolute Gasteiger partial charge is 0.378 e. The van der Waals surface area contributed by atoms with Crippen LogP contribution in [0.5, 0.6) is 0 Å². The molecule has 4 nitrogen and oxygen atoms in total. The topological polar surface area (TPSA) is 64.3 Å². The zero-order valence-electron chi connectivity index (χ0n) is 10.6. The molecule has 104 valence electrons. The third-order valence-corrected chi connectivity index (χ3v) is 4.56. The van der Waals surface area contributed by atoms with Crippen LogP contribution in [-0.2, 0) is 9.53 Å². The van der Waals surface area contributed by atoms with Crippen LogP contribution in [0, 0.1) is 0 Å². The predicted molar refractivity (Wildman–Crippen MR) is 79.3 cm³/mol. The van der Waals surface area contributed by atoms with Crippen molar-refractivity contribution in [1.82, 2.24) is 0 Å². The van der Waals surface area contributed by atoms with Crippen LogP contribution in [0.15, 0.2) is 22.7 Å². The summed E-state index contributed by atoms with van der Waals surface area (Å²) < 4.78 is 6.26. The molecule has 1 aliphatic heterocycles. The first-order valence-electron chi connectivity index (χ1n) is 6.08. The molecule has 0 aromatic heterocycles. The number of primary amides is 1. The molecule has 1 aliphatic rings. The monoisotopic (exact) mass is 346 g/mol. The Kier molecular flexibility index (Phi) is 4.38. The van der Waals surface area contributed by atoms with E-state index in [1.165, 1.54) is 0 Å². The zero-order chi connectivity index (χ0) is 14.0. The van der Waals surface area contributed by atoms with Gasteiger partial charge in [0.2, 0.25) is 5.91 Å². The van der Waals surface area contributed by atoms with Crippen molar-refractivity contribution in [3.8, 4) is 0 Å². The molecule has 2 atom stereocenters. The number of halogens is 2. The summed E-state index contributed by atoms with van der Waals surface area (Å²) in [5.74, 6) is -0.353. The summed E-state index contributed by atoms with van der Waals surface area (Å²) in [7, 11) is 0. The molecule has 1 saturated heterocycles. The number of ether oxygens (including phenoxy) is 1. The fourth-order valence-electron chi connectivity index (χ4n) is 2.34. The van der Waals surface area contributed by atoms with Gasteiger partial charge in [0.15, 0.2) is 0 Å². The minimum Gasteiger partial charge on any atom is -0.378 e. The van der Waals surface area contributed by atoms with Crippen LogP contribution >= 0.6 is 27.5 Å². The second-order valence-corrected chi connectivity index (χ2v) is 6.10. The van der Waals surface area contributed by atoms with Crippen LogP contribution in [0.1, 0.15) is 19.8 Å². The van der Waals surface area contributed by atoms with Gasteiger partial charge < -0.3 is 15.8 Å². The van der Waals surface area contributed by atoms with Gasteiger partial charge in [-0.05, 0) is 41.1 Å². The van der Waals surface area contributed by atoms with E-state index in [4.69, 9.17) is 22.1 Å². The van der Waals surface area contributed by atoms with Crippen molar-refractivity contribution in [3.63, 3.8) is 0 Å². The standard InChI is InChI=1S/C13H16BrClN2O2/c1-8-7-13(12(16)18,4-5-19-8)17-9-2-3-11(15)10(14)6-9/h2-3,6,8,17H,4-5,7H2,1H3,(H2,16,18). The molecule has 1 amide bonds. The molecule has 1 aromatic carbocycles. The van der Waals surface area contributed by atoms with Crippen LogP contribution < -0.4 is 11.1 Å². The highest BCUT2D eigenvalue weighted by molar-refractivity contribution is 9.10. The molecule has 1 aromatic rings. The summed E-state index contributed by atoms with van der Waals surface area (Å²) in [5, 5.41) is 3.87. The predicted octanol–water partition coefficient (Wildman–Crippen LogP) is 2.94. The van der Waals surface area contributed by atoms with Crippen LogP contribution in [0.4, 0.5) is 5.69 Å². The summed E-state index contributed by atoms with van der Waals surface area (Å²) in [6.45, 7) is 2.46. The highest BCUT2D eigenvalue weighted by Gasteiger charge is 2.41. The van der Waals surface area contributed by atoms with Gasteiger partial charge >= 0.3 is 0 Å². The lowest BCUT2D eigenvalue weighted by Crippen LogP contribution is -2.55. The summed E-state index contributed by atoms with van der Waals surface area (Å²) in [6.07, 6.45) is 1.12. The Balaban J connectivity index is 2.25. The van der Waals surface area contributed by atoms with E-state index in [1.54, 1.807) is 6.07 Å². The fourth-order valence-corrected chi connectivity index (χ4v) is 2.83. The van der Waals surface area contributed by atoms with Crippen molar-refractivity contribution in [1.29, 1.82) is 0 Å². The lowest BCUT2D eigenvalue weighted by Gasteiger charge is -2.38. The third-order valence-electron chi connectivity index (χ3n) is 3.34. The Morgan fingerprint density at radius 1 is 1.63 bits per heavy atom. The molecule has 0 radical (unpaired) electrons. The summed E-state index contributed by atoms with van der Waals surface area (Å²) in [6, 6.07) is 5.44. The van der Waals surface area contributed by atoms with E-state index in [9.17, 15) is 4.79 Å². The average molecular weight is 348 g/mol. The number of hydrogen-bond donors (Lipinski definition) is 2.